The zero-order chi connectivity index (χ0) is 7.78. The van der Waals surface area contributed by atoms with Gasteiger partial charge in [-0.3, -0.25) is 4.79 Å². The Morgan fingerprint density at radius 3 is 2.40 bits per heavy atom. The van der Waals surface area contributed by atoms with Gasteiger partial charge in [-0.15, -0.1) is 0 Å². The predicted molar refractivity (Wildman–Crippen MR) is 34.3 cm³/mol. The lowest BCUT2D eigenvalue weighted by Crippen LogP contribution is -2.27. The Kier molecular flexibility index (Phi) is 1.65. The number of rotatable bonds is 1. The molecule has 0 spiro atoms. The highest BCUT2D eigenvalue weighted by atomic mass is 32.2. The Hall–Kier alpha value is -0.620. The van der Waals surface area contributed by atoms with Crippen LogP contribution in [-0.4, -0.2) is 20.4 Å². The maximum absolute atomic E-state index is 10.7. The van der Waals surface area contributed by atoms with E-state index >= 15 is 0 Å². The van der Waals surface area contributed by atoms with Gasteiger partial charge in [-0.05, 0) is 6.42 Å². The highest BCUT2D eigenvalue weighted by Gasteiger charge is 2.32. The van der Waals surface area contributed by atoms with Crippen LogP contribution in [0.2, 0.25) is 0 Å². The molecule has 1 heterocycles. The summed E-state index contributed by atoms with van der Waals surface area (Å²) in [5.41, 5.74) is 0. The van der Waals surface area contributed by atoms with Gasteiger partial charge in [0.1, 0.15) is 6.04 Å². The average molecular weight is 164 g/mol. The molecule has 1 fully saturated rings. The van der Waals surface area contributed by atoms with E-state index in [0.717, 1.165) is 0 Å². The van der Waals surface area contributed by atoms with Crippen LogP contribution >= 0.6 is 0 Å². The van der Waals surface area contributed by atoms with Crippen LogP contribution in [0.4, 0.5) is 0 Å². The molecular formula is C4H8N2O3S. The van der Waals surface area contributed by atoms with Crippen LogP contribution in [0.25, 0.3) is 0 Å². The molecule has 0 saturated carbocycles. The first kappa shape index (κ1) is 7.49. The smallest absolute Gasteiger partial charge is 0.272 e. The van der Waals surface area contributed by atoms with Crippen LogP contribution in [0.1, 0.15) is 13.3 Å². The van der Waals surface area contributed by atoms with Gasteiger partial charge < -0.3 is 0 Å². The highest BCUT2D eigenvalue weighted by Crippen LogP contribution is 2.00. The van der Waals surface area contributed by atoms with Crippen molar-refractivity contribution in [2.75, 3.05) is 0 Å². The van der Waals surface area contributed by atoms with E-state index in [2.05, 4.69) is 4.72 Å². The number of carbonyl (C=O) groups is 1. The predicted octanol–water partition coefficient (Wildman–Crippen LogP) is -1.27. The number of carbonyl (C=O) groups excluding carboxylic acids is 1. The first-order valence-electron chi connectivity index (χ1n) is 2.89. The van der Waals surface area contributed by atoms with Crippen LogP contribution in [0.15, 0.2) is 0 Å². The molecule has 0 aliphatic carbocycles. The van der Waals surface area contributed by atoms with E-state index in [-0.39, 0.29) is 0 Å². The molecule has 2 N–H and O–H groups in total. The van der Waals surface area contributed by atoms with Gasteiger partial charge >= 0.3 is 10.2 Å². The molecule has 10 heavy (non-hydrogen) atoms. The summed E-state index contributed by atoms with van der Waals surface area (Å²) in [5.74, 6) is -0.470. The minimum Gasteiger partial charge on any atom is -0.272 e. The molecule has 1 rings (SSSR count). The maximum atomic E-state index is 10.7. The van der Waals surface area contributed by atoms with Crippen LogP contribution in [-0.2, 0) is 15.0 Å². The molecule has 6 heteroatoms. The van der Waals surface area contributed by atoms with E-state index in [1.54, 1.807) is 6.92 Å². The molecule has 0 aromatic rings. The maximum Gasteiger partial charge on any atom is 0.302 e. The van der Waals surface area contributed by atoms with Gasteiger partial charge in [-0.25, -0.2) is 4.72 Å². The van der Waals surface area contributed by atoms with Gasteiger partial charge in [-0.2, -0.15) is 13.1 Å². The van der Waals surface area contributed by atoms with Crippen molar-refractivity contribution in [3.63, 3.8) is 0 Å². The average Bonchev–Trinajstić information content (AvgIpc) is 2.05. The lowest BCUT2D eigenvalue weighted by Gasteiger charge is -1.97. The molecule has 1 amide bonds. The number of hydrogen-bond donors (Lipinski definition) is 2. The molecule has 1 unspecified atom stereocenters. The third kappa shape index (κ3) is 1.27. The lowest BCUT2D eigenvalue weighted by atomic mass is 10.2. The van der Waals surface area contributed by atoms with Gasteiger partial charge in [0, 0.05) is 0 Å². The van der Waals surface area contributed by atoms with Crippen molar-refractivity contribution in [1.29, 1.82) is 0 Å². The fourth-order valence-corrected chi connectivity index (χ4v) is 1.86. The normalized spacial score (nSPS) is 30.1. The van der Waals surface area contributed by atoms with E-state index in [9.17, 15) is 13.2 Å². The van der Waals surface area contributed by atoms with Crippen molar-refractivity contribution in [3.8, 4) is 0 Å². The second-order valence-corrected chi connectivity index (χ2v) is 3.50. The third-order valence-electron chi connectivity index (χ3n) is 1.26. The zero-order valence-electron chi connectivity index (χ0n) is 5.42. The quantitative estimate of drug-likeness (QED) is 0.507. The van der Waals surface area contributed by atoms with Crippen LogP contribution in [0.3, 0.4) is 0 Å². The Bertz CT molecular complexity index is 245. The van der Waals surface area contributed by atoms with Gasteiger partial charge in [0.15, 0.2) is 0 Å². The minimum atomic E-state index is -3.51. The Labute approximate surface area is 59.0 Å². The second-order valence-electron chi connectivity index (χ2n) is 2.05. The third-order valence-corrected chi connectivity index (χ3v) is 2.32. The molecule has 58 valence electrons. The van der Waals surface area contributed by atoms with Gasteiger partial charge in [0.2, 0.25) is 0 Å². The molecule has 1 atom stereocenters. The van der Waals surface area contributed by atoms with Crippen molar-refractivity contribution in [1.82, 2.24) is 9.44 Å². The van der Waals surface area contributed by atoms with Gasteiger partial charge in [0.25, 0.3) is 5.91 Å². The first-order chi connectivity index (χ1) is 4.55. The number of amides is 1. The largest absolute Gasteiger partial charge is 0.302 e. The summed E-state index contributed by atoms with van der Waals surface area (Å²) in [5, 5.41) is 0. The molecule has 0 aromatic heterocycles. The van der Waals surface area contributed by atoms with Crippen LogP contribution < -0.4 is 9.44 Å². The van der Waals surface area contributed by atoms with E-state index in [4.69, 9.17) is 0 Å². The summed E-state index contributed by atoms with van der Waals surface area (Å²) in [6, 6.07) is -0.579. The van der Waals surface area contributed by atoms with E-state index in [0.29, 0.717) is 6.42 Å². The molecule has 1 aliphatic heterocycles. The first-order valence-corrected chi connectivity index (χ1v) is 4.37. The summed E-state index contributed by atoms with van der Waals surface area (Å²) >= 11 is 0. The van der Waals surface area contributed by atoms with Crippen molar-refractivity contribution >= 4 is 16.1 Å². The fraction of sp³-hybridized carbons (Fsp3) is 0.750. The van der Waals surface area contributed by atoms with E-state index < -0.39 is 22.2 Å². The SMILES string of the molecule is CCC1NS(=O)(=O)NC1=O. The molecule has 0 radical (unpaired) electrons. The topological polar surface area (TPSA) is 75.3 Å². The lowest BCUT2D eigenvalue weighted by molar-refractivity contribution is -0.120. The summed E-state index contributed by atoms with van der Waals surface area (Å²) in [7, 11) is -3.51. The molecule has 0 bridgehead atoms. The summed E-state index contributed by atoms with van der Waals surface area (Å²) in [6.07, 6.45) is 0.477. The van der Waals surface area contributed by atoms with Crippen molar-refractivity contribution in [2.24, 2.45) is 0 Å². The monoisotopic (exact) mass is 164 g/mol. The van der Waals surface area contributed by atoms with Crippen molar-refractivity contribution in [2.45, 2.75) is 19.4 Å². The molecule has 0 aromatic carbocycles. The van der Waals surface area contributed by atoms with Crippen LogP contribution in [0, 0.1) is 0 Å². The Balaban J connectivity index is 2.80. The van der Waals surface area contributed by atoms with E-state index in [1.807, 2.05) is 4.72 Å². The van der Waals surface area contributed by atoms with E-state index in [1.165, 1.54) is 0 Å². The molecule has 1 saturated heterocycles. The summed E-state index contributed by atoms with van der Waals surface area (Å²) in [4.78, 5) is 10.7. The molecule has 5 nitrogen and oxygen atoms in total. The number of nitrogens with one attached hydrogen (secondary N) is 2. The Morgan fingerprint density at radius 2 is 2.20 bits per heavy atom. The summed E-state index contributed by atoms with van der Waals surface area (Å²) < 4.78 is 25.1. The van der Waals surface area contributed by atoms with Crippen molar-refractivity contribution < 1.29 is 13.2 Å². The zero-order valence-corrected chi connectivity index (χ0v) is 6.23. The highest BCUT2D eigenvalue weighted by molar-refractivity contribution is 7.88. The van der Waals surface area contributed by atoms with Gasteiger partial charge in [-0.1, -0.05) is 6.92 Å². The minimum absolute atomic E-state index is 0.470. The Morgan fingerprint density at radius 1 is 1.60 bits per heavy atom. The molecule has 1 aliphatic rings. The number of hydrogen-bond acceptors (Lipinski definition) is 3. The second kappa shape index (κ2) is 2.21. The standard InChI is InChI=1S/C4H8N2O3S/c1-2-3-4(7)6-10(8,9)5-3/h3,5H,2H2,1H3,(H,6,7). The fourth-order valence-electron chi connectivity index (χ4n) is 0.743. The van der Waals surface area contributed by atoms with Gasteiger partial charge in [0.05, 0.1) is 0 Å². The van der Waals surface area contributed by atoms with Crippen LogP contribution in [0.5, 0.6) is 0 Å². The molecular weight excluding hydrogens is 156 g/mol. The van der Waals surface area contributed by atoms with Crippen molar-refractivity contribution in [3.05, 3.63) is 0 Å². The summed E-state index contributed by atoms with van der Waals surface area (Å²) in [6.45, 7) is 1.73.